The van der Waals surface area contributed by atoms with Gasteiger partial charge < -0.3 is 4.74 Å². The molecule has 0 aliphatic heterocycles. The molecule has 1 aromatic rings. The smallest absolute Gasteiger partial charge is 0.320 e. The van der Waals surface area contributed by atoms with Crippen molar-refractivity contribution in [2.24, 2.45) is 9.54 Å². The minimum absolute atomic E-state index is 0.0151. The van der Waals surface area contributed by atoms with Crippen molar-refractivity contribution in [2.75, 3.05) is 0 Å². The molecule has 2 N–H and O–H groups in total. The van der Waals surface area contributed by atoms with Gasteiger partial charge in [0.15, 0.2) is 0 Å². The van der Waals surface area contributed by atoms with Gasteiger partial charge in [0.05, 0.1) is 0 Å². The number of benzene rings is 1. The lowest BCUT2D eigenvalue weighted by atomic mass is 10.3. The summed E-state index contributed by atoms with van der Waals surface area (Å²) in [5.74, 6) is 0.496. The number of hydrogen-bond acceptors (Lipinski definition) is 3. The van der Waals surface area contributed by atoms with E-state index >= 15 is 0 Å². The average molecular weight is 214 g/mol. The van der Waals surface area contributed by atoms with Gasteiger partial charge in [-0.2, -0.15) is 8.42 Å². The fourth-order valence-electron chi connectivity index (χ4n) is 0.857. The normalized spacial score (nSPS) is 12.6. The molecule has 5 nitrogen and oxygen atoms in total. The lowest BCUT2D eigenvalue weighted by molar-refractivity contribution is 0.545. The van der Waals surface area contributed by atoms with Crippen LogP contribution >= 0.6 is 0 Å². The molecule has 6 heteroatoms. The van der Waals surface area contributed by atoms with E-state index in [1.165, 1.54) is 6.92 Å². The van der Waals surface area contributed by atoms with Gasteiger partial charge in [-0.3, -0.25) is 0 Å². The van der Waals surface area contributed by atoms with Crippen LogP contribution in [0.15, 0.2) is 34.7 Å². The third-order valence-electron chi connectivity index (χ3n) is 1.26. The number of hydrogen-bond donors (Lipinski definition) is 1. The summed E-state index contributed by atoms with van der Waals surface area (Å²) >= 11 is 0. The maximum absolute atomic E-state index is 10.5. The van der Waals surface area contributed by atoms with E-state index in [9.17, 15) is 8.42 Å². The number of nitrogens with two attached hydrogens (primary N) is 1. The van der Waals surface area contributed by atoms with Crippen LogP contribution in [-0.2, 0) is 10.2 Å². The Balaban J connectivity index is 2.77. The molecule has 1 rings (SSSR count). The number of para-hydroxylation sites is 1. The molecule has 0 aromatic heterocycles. The summed E-state index contributed by atoms with van der Waals surface area (Å²) in [6, 6.07) is 8.71. The van der Waals surface area contributed by atoms with Crippen LogP contribution in [0.2, 0.25) is 0 Å². The lowest BCUT2D eigenvalue weighted by Gasteiger charge is -2.02. The molecular formula is C8H10N2O3S. The average Bonchev–Trinajstić information content (AvgIpc) is 2.02. The Morgan fingerprint density at radius 1 is 1.36 bits per heavy atom. The predicted octanol–water partition coefficient (Wildman–Crippen LogP) is 0.687. The summed E-state index contributed by atoms with van der Waals surface area (Å²) in [5, 5.41) is 4.69. The zero-order valence-corrected chi connectivity index (χ0v) is 8.36. The summed E-state index contributed by atoms with van der Waals surface area (Å²) in [6.07, 6.45) is 0. The van der Waals surface area contributed by atoms with E-state index in [0.29, 0.717) is 5.75 Å². The van der Waals surface area contributed by atoms with Crippen molar-refractivity contribution in [3.05, 3.63) is 30.3 Å². The molecular weight excluding hydrogens is 204 g/mol. The molecule has 14 heavy (non-hydrogen) atoms. The molecule has 76 valence electrons. The fraction of sp³-hybridized carbons (Fsp3) is 0.125. The van der Waals surface area contributed by atoms with Crippen molar-refractivity contribution in [1.82, 2.24) is 0 Å². The highest BCUT2D eigenvalue weighted by Gasteiger charge is 2.01. The van der Waals surface area contributed by atoms with Gasteiger partial charge >= 0.3 is 10.2 Å². The topological polar surface area (TPSA) is 81.8 Å². The van der Waals surface area contributed by atoms with Crippen molar-refractivity contribution in [3.8, 4) is 5.75 Å². The van der Waals surface area contributed by atoms with Gasteiger partial charge in [0.1, 0.15) is 5.75 Å². The summed E-state index contributed by atoms with van der Waals surface area (Å²) in [5.41, 5.74) is 0. The Morgan fingerprint density at radius 3 is 2.43 bits per heavy atom. The maximum atomic E-state index is 10.5. The van der Waals surface area contributed by atoms with Crippen molar-refractivity contribution in [1.29, 1.82) is 0 Å². The van der Waals surface area contributed by atoms with Gasteiger partial charge in [0.25, 0.3) is 0 Å². The second-order valence-corrected chi connectivity index (χ2v) is 3.75. The van der Waals surface area contributed by atoms with Gasteiger partial charge in [0, 0.05) is 6.92 Å². The van der Waals surface area contributed by atoms with Gasteiger partial charge in [0.2, 0.25) is 5.90 Å². The first-order valence-electron chi connectivity index (χ1n) is 3.79. The van der Waals surface area contributed by atoms with Crippen molar-refractivity contribution in [2.45, 2.75) is 6.92 Å². The molecule has 0 bridgehead atoms. The number of ether oxygens (including phenoxy) is 1. The van der Waals surface area contributed by atoms with Crippen molar-refractivity contribution in [3.63, 3.8) is 0 Å². The predicted molar refractivity (Wildman–Crippen MR) is 53.3 cm³/mol. The Hall–Kier alpha value is -1.40. The van der Waals surface area contributed by atoms with Crippen molar-refractivity contribution < 1.29 is 13.2 Å². The minimum Gasteiger partial charge on any atom is -0.442 e. The van der Waals surface area contributed by atoms with Crippen LogP contribution in [0.3, 0.4) is 0 Å². The first-order valence-corrected chi connectivity index (χ1v) is 5.30. The van der Waals surface area contributed by atoms with Crippen LogP contribution in [0.25, 0.3) is 0 Å². The highest BCUT2D eigenvalue weighted by Crippen LogP contribution is 2.08. The van der Waals surface area contributed by atoms with Gasteiger partial charge in [-0.15, -0.1) is 4.40 Å². The summed E-state index contributed by atoms with van der Waals surface area (Å²) in [7, 11) is -3.88. The Kier molecular flexibility index (Phi) is 3.21. The fourth-order valence-corrected chi connectivity index (χ4v) is 1.25. The molecule has 0 radical (unpaired) electrons. The third-order valence-corrected chi connectivity index (χ3v) is 1.78. The molecule has 1 aromatic carbocycles. The molecule has 0 saturated carbocycles. The SMILES string of the molecule is CC(=NS(N)(=O)=O)Oc1ccccc1. The molecule has 0 spiro atoms. The second kappa shape index (κ2) is 4.21. The Labute approximate surface area is 82.4 Å². The van der Waals surface area contributed by atoms with E-state index in [1.54, 1.807) is 24.3 Å². The van der Waals surface area contributed by atoms with Crippen LogP contribution in [0, 0.1) is 0 Å². The molecule has 0 atom stereocenters. The zero-order chi connectivity index (χ0) is 10.6. The van der Waals surface area contributed by atoms with Crippen LogP contribution in [0.1, 0.15) is 6.92 Å². The van der Waals surface area contributed by atoms with Crippen LogP contribution in [-0.4, -0.2) is 14.3 Å². The lowest BCUT2D eigenvalue weighted by Crippen LogP contribution is -2.13. The Morgan fingerprint density at radius 2 is 1.93 bits per heavy atom. The summed E-state index contributed by atoms with van der Waals surface area (Å²) in [6.45, 7) is 1.41. The molecule has 0 heterocycles. The van der Waals surface area contributed by atoms with Crippen LogP contribution < -0.4 is 9.88 Å². The highest BCUT2D eigenvalue weighted by atomic mass is 32.2. The van der Waals surface area contributed by atoms with Crippen LogP contribution in [0.4, 0.5) is 0 Å². The monoisotopic (exact) mass is 214 g/mol. The van der Waals surface area contributed by atoms with Gasteiger partial charge in [-0.1, -0.05) is 18.2 Å². The van der Waals surface area contributed by atoms with Gasteiger partial charge in [-0.05, 0) is 12.1 Å². The van der Waals surface area contributed by atoms with E-state index in [0.717, 1.165) is 0 Å². The number of rotatable bonds is 2. The van der Waals surface area contributed by atoms with Crippen molar-refractivity contribution >= 4 is 16.1 Å². The third kappa shape index (κ3) is 4.01. The minimum atomic E-state index is -3.88. The quantitative estimate of drug-likeness (QED) is 0.580. The molecule has 0 aliphatic carbocycles. The Bertz CT molecular complexity index is 425. The van der Waals surface area contributed by atoms with E-state index in [1.807, 2.05) is 6.07 Å². The molecule has 0 amide bonds. The van der Waals surface area contributed by atoms with E-state index < -0.39 is 10.2 Å². The van der Waals surface area contributed by atoms with Gasteiger partial charge in [-0.25, -0.2) is 5.14 Å². The van der Waals surface area contributed by atoms with Crippen LogP contribution in [0.5, 0.6) is 5.75 Å². The largest absolute Gasteiger partial charge is 0.442 e. The molecule has 0 aliphatic rings. The molecule has 0 fully saturated rings. The first-order chi connectivity index (χ1) is 6.47. The zero-order valence-electron chi connectivity index (χ0n) is 7.54. The molecule has 0 saturated heterocycles. The number of nitrogens with zero attached hydrogens (tertiary/aromatic N) is 1. The van der Waals surface area contributed by atoms with E-state index in [4.69, 9.17) is 9.88 Å². The molecule has 0 unspecified atom stereocenters. The summed E-state index contributed by atoms with van der Waals surface area (Å²) < 4.78 is 29.3. The van der Waals surface area contributed by atoms with E-state index in [2.05, 4.69) is 4.40 Å². The standard InChI is InChI=1S/C8H10N2O3S/c1-7(10-14(9,11)12)13-8-5-3-2-4-6-8/h2-6H,1H3,(H2,9,11,12). The first kappa shape index (κ1) is 10.7. The highest BCUT2D eigenvalue weighted by molar-refractivity contribution is 7.88. The van der Waals surface area contributed by atoms with E-state index in [-0.39, 0.29) is 5.90 Å². The maximum Gasteiger partial charge on any atom is 0.320 e. The second-order valence-electron chi connectivity index (χ2n) is 2.54. The summed E-state index contributed by atoms with van der Waals surface area (Å²) in [4.78, 5) is 0.